The number of allylic oxidation sites excluding steroid dienone is 1. The second-order valence-electron chi connectivity index (χ2n) is 2.97. The van der Waals surface area contributed by atoms with Crippen molar-refractivity contribution in [1.82, 2.24) is 0 Å². The van der Waals surface area contributed by atoms with Crippen LogP contribution >= 0.6 is 11.6 Å². The highest BCUT2D eigenvalue weighted by atomic mass is 35.5. The van der Waals surface area contributed by atoms with Crippen LogP contribution in [0.4, 0.5) is 5.69 Å². The maximum Gasteiger partial charge on any atom is 0.288 e. The van der Waals surface area contributed by atoms with E-state index in [9.17, 15) is 14.9 Å². The van der Waals surface area contributed by atoms with Gasteiger partial charge in [0.1, 0.15) is 11.3 Å². The van der Waals surface area contributed by atoms with Crippen LogP contribution in [0.3, 0.4) is 0 Å². The van der Waals surface area contributed by atoms with Gasteiger partial charge in [-0.15, -0.1) is 0 Å². The predicted molar refractivity (Wildman–Crippen MR) is 57.8 cm³/mol. The Morgan fingerprint density at radius 1 is 1.53 bits per heavy atom. The van der Waals surface area contributed by atoms with Gasteiger partial charge >= 0.3 is 0 Å². The van der Waals surface area contributed by atoms with Gasteiger partial charge in [-0.1, -0.05) is 17.7 Å². The van der Waals surface area contributed by atoms with E-state index in [1.165, 1.54) is 12.1 Å². The van der Waals surface area contributed by atoms with Gasteiger partial charge in [-0.2, -0.15) is 0 Å². The smallest absolute Gasteiger partial charge is 0.288 e. The fourth-order valence-electron chi connectivity index (χ4n) is 1.06. The monoisotopic (exact) mass is 225 g/mol. The van der Waals surface area contributed by atoms with Gasteiger partial charge in [0.15, 0.2) is 0 Å². The number of halogens is 1. The van der Waals surface area contributed by atoms with Crippen molar-refractivity contribution in [3.63, 3.8) is 0 Å². The van der Waals surface area contributed by atoms with E-state index in [4.69, 9.17) is 11.6 Å². The third-order valence-corrected chi connectivity index (χ3v) is 2.07. The summed E-state index contributed by atoms with van der Waals surface area (Å²) in [6.07, 6.45) is 2.23. The minimum absolute atomic E-state index is 0.0842. The van der Waals surface area contributed by atoms with Crippen molar-refractivity contribution >= 4 is 29.7 Å². The van der Waals surface area contributed by atoms with Crippen LogP contribution in [-0.2, 0) is 4.79 Å². The van der Waals surface area contributed by atoms with E-state index in [2.05, 4.69) is 0 Å². The Labute approximate surface area is 91.3 Å². The van der Waals surface area contributed by atoms with Crippen molar-refractivity contribution in [3.05, 3.63) is 44.5 Å². The molecule has 4 nitrogen and oxygen atoms in total. The number of carbonyl (C=O) groups is 1. The summed E-state index contributed by atoms with van der Waals surface area (Å²) in [5.74, 6) is 0. The quantitative estimate of drug-likeness (QED) is 0.344. The van der Waals surface area contributed by atoms with Crippen LogP contribution in [0.25, 0.3) is 6.08 Å². The third-order valence-electron chi connectivity index (χ3n) is 1.75. The summed E-state index contributed by atoms with van der Waals surface area (Å²) in [4.78, 5) is 20.4. The first-order valence-electron chi connectivity index (χ1n) is 4.12. The molecule has 5 heteroatoms. The number of benzene rings is 1. The second kappa shape index (κ2) is 4.70. The highest BCUT2D eigenvalue weighted by Crippen LogP contribution is 2.25. The molecule has 0 heterocycles. The molecule has 78 valence electrons. The van der Waals surface area contributed by atoms with Gasteiger partial charge in [0, 0.05) is 6.07 Å². The van der Waals surface area contributed by atoms with E-state index in [1.807, 2.05) is 0 Å². The zero-order valence-corrected chi connectivity index (χ0v) is 8.69. The molecule has 0 saturated heterocycles. The second-order valence-corrected chi connectivity index (χ2v) is 3.38. The summed E-state index contributed by atoms with van der Waals surface area (Å²) in [6.45, 7) is 1.62. The molecular weight excluding hydrogens is 218 g/mol. The standard InChI is InChI=1S/C10H8ClNO3/c1-7(6-13)4-8-2-3-9(11)10(5-8)12(14)15/h2-6H,1H3. The molecule has 0 amide bonds. The summed E-state index contributed by atoms with van der Waals surface area (Å²) < 4.78 is 0. The van der Waals surface area contributed by atoms with Gasteiger partial charge < -0.3 is 0 Å². The first kappa shape index (κ1) is 11.4. The first-order valence-corrected chi connectivity index (χ1v) is 4.50. The van der Waals surface area contributed by atoms with E-state index in [0.717, 1.165) is 0 Å². The van der Waals surface area contributed by atoms with Crippen LogP contribution in [0.2, 0.25) is 5.02 Å². The van der Waals surface area contributed by atoms with Gasteiger partial charge in [-0.05, 0) is 30.2 Å². The lowest BCUT2D eigenvalue weighted by Crippen LogP contribution is -1.89. The number of aldehydes is 1. The average molecular weight is 226 g/mol. The number of nitro benzene ring substituents is 1. The largest absolute Gasteiger partial charge is 0.298 e. The van der Waals surface area contributed by atoms with Crippen LogP contribution in [0.15, 0.2) is 23.8 Å². The summed E-state index contributed by atoms with van der Waals surface area (Å²) in [5, 5.41) is 10.6. The zero-order valence-electron chi connectivity index (χ0n) is 7.94. The minimum atomic E-state index is -0.560. The normalized spacial score (nSPS) is 11.2. The van der Waals surface area contributed by atoms with Gasteiger partial charge in [-0.3, -0.25) is 14.9 Å². The molecule has 0 spiro atoms. The molecule has 0 fully saturated rings. The average Bonchev–Trinajstić information content (AvgIpc) is 2.20. The lowest BCUT2D eigenvalue weighted by molar-refractivity contribution is -0.384. The van der Waals surface area contributed by atoms with E-state index in [-0.39, 0.29) is 10.7 Å². The van der Waals surface area contributed by atoms with Gasteiger partial charge in [0.25, 0.3) is 5.69 Å². The van der Waals surface area contributed by atoms with Crippen molar-refractivity contribution in [2.24, 2.45) is 0 Å². The van der Waals surface area contributed by atoms with Crippen LogP contribution in [0, 0.1) is 10.1 Å². The Morgan fingerprint density at radius 2 is 2.20 bits per heavy atom. The summed E-state index contributed by atoms with van der Waals surface area (Å²) in [6, 6.07) is 4.38. The molecular formula is C10H8ClNO3. The molecule has 0 aromatic heterocycles. The number of rotatable bonds is 3. The fourth-order valence-corrected chi connectivity index (χ4v) is 1.24. The third kappa shape index (κ3) is 2.89. The van der Waals surface area contributed by atoms with Crippen molar-refractivity contribution in [1.29, 1.82) is 0 Å². The Bertz CT molecular complexity index is 440. The molecule has 0 bridgehead atoms. The summed E-state index contributed by atoms with van der Waals surface area (Å²) in [7, 11) is 0. The number of hydrogen-bond acceptors (Lipinski definition) is 3. The molecule has 0 N–H and O–H groups in total. The molecule has 1 aromatic carbocycles. The number of hydrogen-bond donors (Lipinski definition) is 0. The Kier molecular flexibility index (Phi) is 3.57. The predicted octanol–water partition coefficient (Wildman–Crippen LogP) is 2.85. The molecule has 0 atom stereocenters. The first-order chi connectivity index (χ1) is 7.04. The molecule has 0 aliphatic carbocycles. The van der Waals surface area contributed by atoms with Crippen LogP contribution in [0.1, 0.15) is 12.5 Å². The van der Waals surface area contributed by atoms with Crippen molar-refractivity contribution in [2.45, 2.75) is 6.92 Å². The van der Waals surface area contributed by atoms with Gasteiger partial charge in [0.2, 0.25) is 0 Å². The van der Waals surface area contributed by atoms with E-state index in [0.29, 0.717) is 17.4 Å². The lowest BCUT2D eigenvalue weighted by atomic mass is 10.1. The fraction of sp³-hybridized carbons (Fsp3) is 0.100. The summed E-state index contributed by atoms with van der Waals surface area (Å²) in [5.41, 5.74) is 0.909. The molecule has 0 radical (unpaired) electrons. The van der Waals surface area contributed by atoms with E-state index < -0.39 is 4.92 Å². The highest BCUT2D eigenvalue weighted by molar-refractivity contribution is 6.32. The molecule has 0 aliphatic heterocycles. The molecule has 1 aromatic rings. The van der Waals surface area contributed by atoms with Gasteiger partial charge in [0.05, 0.1) is 4.92 Å². The molecule has 0 unspecified atom stereocenters. The van der Waals surface area contributed by atoms with Crippen LogP contribution in [0.5, 0.6) is 0 Å². The maximum absolute atomic E-state index is 10.6. The van der Waals surface area contributed by atoms with E-state index in [1.54, 1.807) is 19.1 Å². The number of carbonyl (C=O) groups excluding carboxylic acids is 1. The summed E-state index contributed by atoms with van der Waals surface area (Å²) >= 11 is 5.63. The lowest BCUT2D eigenvalue weighted by Gasteiger charge is -1.97. The highest BCUT2D eigenvalue weighted by Gasteiger charge is 2.11. The van der Waals surface area contributed by atoms with Crippen molar-refractivity contribution in [2.75, 3.05) is 0 Å². The van der Waals surface area contributed by atoms with Crippen LogP contribution in [-0.4, -0.2) is 11.2 Å². The molecule has 0 aliphatic rings. The Hall–Kier alpha value is -1.68. The van der Waals surface area contributed by atoms with E-state index >= 15 is 0 Å². The minimum Gasteiger partial charge on any atom is -0.298 e. The maximum atomic E-state index is 10.6. The van der Waals surface area contributed by atoms with Crippen molar-refractivity contribution in [3.8, 4) is 0 Å². The van der Waals surface area contributed by atoms with Crippen molar-refractivity contribution < 1.29 is 9.72 Å². The number of nitrogens with zero attached hydrogens (tertiary/aromatic N) is 1. The molecule has 0 saturated carbocycles. The van der Waals surface area contributed by atoms with Crippen LogP contribution < -0.4 is 0 Å². The number of nitro groups is 1. The zero-order chi connectivity index (χ0) is 11.4. The Balaban J connectivity index is 3.19. The molecule has 1 rings (SSSR count). The SMILES string of the molecule is CC(C=O)=Cc1ccc(Cl)c([N+](=O)[O-])c1. The van der Waals surface area contributed by atoms with Gasteiger partial charge in [-0.25, -0.2) is 0 Å². The topological polar surface area (TPSA) is 60.2 Å². The Morgan fingerprint density at radius 3 is 2.73 bits per heavy atom. The molecule has 15 heavy (non-hydrogen) atoms.